The number of carbonyl (C=O) groups is 3. The lowest BCUT2D eigenvalue weighted by atomic mass is 9.96. The summed E-state index contributed by atoms with van der Waals surface area (Å²) >= 11 is 0. The maximum atomic E-state index is 14.0. The number of alkyl carbamates (subject to hydrolysis) is 1. The molecule has 1 unspecified atom stereocenters. The van der Waals surface area contributed by atoms with E-state index in [-0.39, 0.29) is 41.0 Å². The summed E-state index contributed by atoms with van der Waals surface area (Å²) in [5.41, 5.74) is 3.01. The average molecular weight is 762 g/mol. The van der Waals surface area contributed by atoms with Crippen molar-refractivity contribution in [1.29, 1.82) is 0 Å². The van der Waals surface area contributed by atoms with E-state index < -0.39 is 17.2 Å². The third kappa shape index (κ3) is 7.88. The first-order chi connectivity index (χ1) is 26.5. The van der Waals surface area contributed by atoms with Crippen LogP contribution in [-0.4, -0.2) is 83.6 Å². The highest BCUT2D eigenvalue weighted by atomic mass is 16.6. The van der Waals surface area contributed by atoms with E-state index in [1.165, 1.54) is 0 Å². The van der Waals surface area contributed by atoms with Crippen LogP contribution in [0.3, 0.4) is 0 Å². The molecule has 2 aliphatic carbocycles. The van der Waals surface area contributed by atoms with Crippen molar-refractivity contribution in [2.75, 3.05) is 13.1 Å². The molecule has 12 heteroatoms. The Hall–Kier alpha value is -4.89. The fourth-order valence-corrected chi connectivity index (χ4v) is 8.71. The van der Waals surface area contributed by atoms with Gasteiger partial charge in [-0.25, -0.2) is 14.8 Å². The first kappa shape index (κ1) is 38.0. The second-order valence-electron chi connectivity index (χ2n) is 18.5. The number of hydrogen-bond donors (Lipinski definition) is 3. The van der Waals surface area contributed by atoms with Crippen LogP contribution in [0.1, 0.15) is 141 Å². The normalized spacial score (nSPS) is 21.8. The van der Waals surface area contributed by atoms with Crippen LogP contribution in [0.25, 0.3) is 22.1 Å². The zero-order valence-corrected chi connectivity index (χ0v) is 33.8. The Morgan fingerprint density at radius 3 is 1.79 bits per heavy atom. The lowest BCUT2D eigenvalue weighted by Gasteiger charge is -2.31. The molecule has 4 heterocycles. The first-order valence-electron chi connectivity index (χ1n) is 20.3. The largest absolute Gasteiger partial charge is 0.444 e. The molecule has 2 aromatic carbocycles. The number of ether oxygens (including phenoxy) is 2. The predicted octanol–water partition coefficient (Wildman–Crippen LogP) is 7.60. The molecule has 2 aromatic heterocycles. The van der Waals surface area contributed by atoms with Crippen molar-refractivity contribution in [3.05, 3.63) is 59.2 Å². The minimum atomic E-state index is -0.906. The van der Waals surface area contributed by atoms with Crippen LogP contribution in [0.2, 0.25) is 0 Å². The van der Waals surface area contributed by atoms with Gasteiger partial charge in [-0.1, -0.05) is 11.8 Å². The van der Waals surface area contributed by atoms with E-state index in [0.29, 0.717) is 19.4 Å². The molecular weight excluding hydrogens is 707 g/mol. The van der Waals surface area contributed by atoms with Crippen molar-refractivity contribution in [3.63, 3.8) is 0 Å². The molecule has 4 fully saturated rings. The van der Waals surface area contributed by atoms with E-state index in [0.717, 1.165) is 96.3 Å². The van der Waals surface area contributed by atoms with Gasteiger partial charge in [-0.3, -0.25) is 9.59 Å². The summed E-state index contributed by atoms with van der Waals surface area (Å²) in [4.78, 5) is 61.0. The standard InChI is InChI=1S/C44H55N7O5/c1-27(55-41(2,3)4)26-43(18-19-43)38(52)50-22-8-10-34(50)36-45-30-16-14-28(24-32(30)47-36)12-13-29-15-17-31-33(25-29)48-37(46-31)35-11-9-23-51(35)39(53)44(20-21-44)49-40(54)56-42(5,6)7/h14-17,24-25,27,34-35H,8-11,18-23,26H2,1-7H3,(H,45,47)(H,46,48)(H,49,54)/t27?,34-,35-/m0/s1. The van der Waals surface area contributed by atoms with Crippen LogP contribution in [0.15, 0.2) is 36.4 Å². The molecule has 12 nitrogen and oxygen atoms in total. The summed E-state index contributed by atoms with van der Waals surface area (Å²) in [6.45, 7) is 15.1. The Morgan fingerprint density at radius 1 is 0.804 bits per heavy atom. The van der Waals surface area contributed by atoms with Gasteiger partial charge in [-0.05, 0) is 143 Å². The van der Waals surface area contributed by atoms with Crippen molar-refractivity contribution in [3.8, 4) is 11.8 Å². The van der Waals surface area contributed by atoms with Gasteiger partial charge in [0.15, 0.2) is 0 Å². The summed E-state index contributed by atoms with van der Waals surface area (Å²) < 4.78 is 11.6. The zero-order chi connectivity index (χ0) is 39.6. The van der Waals surface area contributed by atoms with E-state index >= 15 is 0 Å². The van der Waals surface area contributed by atoms with Crippen molar-refractivity contribution >= 4 is 40.0 Å². The highest BCUT2D eigenvalue weighted by molar-refractivity contribution is 5.93. The molecule has 3 N–H and O–H groups in total. The topological polar surface area (TPSA) is 146 Å². The summed E-state index contributed by atoms with van der Waals surface area (Å²) in [6, 6.07) is 11.6. The van der Waals surface area contributed by atoms with Gasteiger partial charge in [0.05, 0.1) is 51.3 Å². The summed E-state index contributed by atoms with van der Waals surface area (Å²) in [5.74, 6) is 8.37. The quantitative estimate of drug-likeness (QED) is 0.157. The first-order valence-corrected chi connectivity index (χ1v) is 20.3. The van der Waals surface area contributed by atoms with Gasteiger partial charge in [0.25, 0.3) is 0 Å². The van der Waals surface area contributed by atoms with E-state index in [1.807, 2.05) is 62.1 Å². The zero-order valence-electron chi connectivity index (χ0n) is 33.8. The monoisotopic (exact) mass is 761 g/mol. The predicted molar refractivity (Wildman–Crippen MR) is 213 cm³/mol. The molecule has 4 aliphatic rings. The van der Waals surface area contributed by atoms with Gasteiger partial charge < -0.3 is 34.6 Å². The van der Waals surface area contributed by atoms with Crippen LogP contribution in [0.4, 0.5) is 4.79 Å². The van der Waals surface area contributed by atoms with Crippen molar-refractivity contribution in [1.82, 2.24) is 35.1 Å². The van der Waals surface area contributed by atoms with Gasteiger partial charge in [0, 0.05) is 24.2 Å². The molecule has 0 bridgehead atoms. The summed E-state index contributed by atoms with van der Waals surface area (Å²) in [7, 11) is 0. The Morgan fingerprint density at radius 2 is 1.32 bits per heavy atom. The number of likely N-dealkylation sites (tertiary alicyclic amines) is 2. The van der Waals surface area contributed by atoms with Gasteiger partial charge in [-0.15, -0.1) is 0 Å². The average Bonchev–Trinajstić information content (AvgIpc) is 3.71. The van der Waals surface area contributed by atoms with E-state index in [2.05, 4.69) is 59.7 Å². The van der Waals surface area contributed by atoms with Crippen LogP contribution >= 0.6 is 0 Å². The number of aromatic amines is 2. The molecule has 2 saturated carbocycles. The number of imidazole rings is 2. The van der Waals surface area contributed by atoms with Crippen LogP contribution < -0.4 is 5.32 Å². The number of aromatic nitrogens is 4. The lowest BCUT2D eigenvalue weighted by molar-refractivity contribution is -0.141. The Balaban J connectivity index is 0.942. The minimum Gasteiger partial charge on any atom is -0.444 e. The van der Waals surface area contributed by atoms with E-state index in [1.54, 1.807) is 0 Å². The second-order valence-corrected chi connectivity index (χ2v) is 18.5. The lowest BCUT2D eigenvalue weighted by Crippen LogP contribution is -2.51. The molecule has 4 aromatic rings. The second kappa shape index (κ2) is 13.9. The number of rotatable bonds is 8. The van der Waals surface area contributed by atoms with Gasteiger partial charge in [-0.2, -0.15) is 0 Å². The third-order valence-electron chi connectivity index (χ3n) is 11.4. The molecule has 3 atom stereocenters. The number of benzene rings is 2. The van der Waals surface area contributed by atoms with Crippen LogP contribution in [0, 0.1) is 17.3 Å². The molecule has 2 aliphatic heterocycles. The SMILES string of the molecule is CC(CC1(C(=O)N2CCC[C@H]2c2nc3ccc(C#Cc4ccc5nc([C@@H]6CCCN6C(=O)C6(NC(=O)OC(C)(C)C)CC6)[nH]c5c4)cc3[nH]2)CC1)OC(C)(C)C. The number of amides is 3. The maximum absolute atomic E-state index is 14.0. The highest BCUT2D eigenvalue weighted by Crippen LogP contribution is 2.53. The smallest absolute Gasteiger partial charge is 0.408 e. The number of H-pyrrole nitrogens is 2. The highest BCUT2D eigenvalue weighted by Gasteiger charge is 2.56. The molecule has 56 heavy (non-hydrogen) atoms. The number of fused-ring (bicyclic) bond motifs is 2. The fourth-order valence-electron chi connectivity index (χ4n) is 8.71. The van der Waals surface area contributed by atoms with E-state index in [9.17, 15) is 14.4 Å². The maximum Gasteiger partial charge on any atom is 0.408 e. The molecule has 2 saturated heterocycles. The van der Waals surface area contributed by atoms with Crippen LogP contribution in [0.5, 0.6) is 0 Å². The number of carbonyl (C=O) groups excluding carboxylic acids is 3. The number of hydrogen-bond acceptors (Lipinski definition) is 7. The fraction of sp³-hybridized carbons (Fsp3) is 0.568. The minimum absolute atomic E-state index is 0.0179. The number of nitrogens with zero attached hydrogens (tertiary/aromatic N) is 4. The van der Waals surface area contributed by atoms with Gasteiger partial charge in [0.2, 0.25) is 11.8 Å². The van der Waals surface area contributed by atoms with Crippen molar-refractivity contribution in [2.45, 2.75) is 141 Å². The Kier molecular flexibility index (Phi) is 9.46. The van der Waals surface area contributed by atoms with Gasteiger partial charge >= 0.3 is 6.09 Å². The van der Waals surface area contributed by atoms with Crippen molar-refractivity contribution in [2.24, 2.45) is 5.41 Å². The Bertz CT molecular complexity index is 2240. The molecule has 0 spiro atoms. The molecule has 0 radical (unpaired) electrons. The summed E-state index contributed by atoms with van der Waals surface area (Å²) in [6.07, 6.45) is 6.74. The third-order valence-corrected chi connectivity index (χ3v) is 11.4. The van der Waals surface area contributed by atoms with Gasteiger partial charge in [0.1, 0.15) is 22.8 Å². The number of nitrogens with one attached hydrogen (secondary N) is 3. The molecule has 3 amide bonds. The molecule has 296 valence electrons. The Labute approximate surface area is 328 Å². The van der Waals surface area contributed by atoms with E-state index in [4.69, 9.17) is 19.4 Å². The molecule has 8 rings (SSSR count). The summed E-state index contributed by atoms with van der Waals surface area (Å²) in [5, 5.41) is 2.86. The van der Waals surface area contributed by atoms with Crippen molar-refractivity contribution < 1.29 is 23.9 Å². The molecular formula is C44H55N7O5. The van der Waals surface area contributed by atoms with Crippen LogP contribution in [-0.2, 0) is 19.1 Å².